The average molecular weight is 226 g/mol. The van der Waals surface area contributed by atoms with Crippen LogP contribution >= 0.6 is 11.3 Å². The van der Waals surface area contributed by atoms with Crippen molar-refractivity contribution in [3.05, 3.63) is 21.9 Å². The number of aryl methyl sites for hydroxylation is 1. The average Bonchev–Trinajstić information content (AvgIpc) is 2.59. The van der Waals surface area contributed by atoms with Gasteiger partial charge in [-0.05, 0) is 31.9 Å². The van der Waals surface area contributed by atoms with Crippen LogP contribution in [0.25, 0.3) is 0 Å². The largest absolute Gasteiger partial charge is 0.370 e. The fourth-order valence-electron chi connectivity index (χ4n) is 1.46. The summed E-state index contributed by atoms with van der Waals surface area (Å²) in [4.78, 5) is 13.0. The van der Waals surface area contributed by atoms with Crippen molar-refractivity contribution in [2.45, 2.75) is 38.6 Å². The first kappa shape index (κ1) is 12.2. The Balaban J connectivity index is 2.24. The van der Waals surface area contributed by atoms with Crippen molar-refractivity contribution in [2.75, 3.05) is 0 Å². The van der Waals surface area contributed by atoms with Crippen LogP contribution in [0.5, 0.6) is 0 Å². The Morgan fingerprint density at radius 2 is 2.20 bits per heavy atom. The SMILES string of the molecule is Cc1ccc(C(N)CCCCC(N)=O)s1. The van der Waals surface area contributed by atoms with Gasteiger partial charge in [0.05, 0.1) is 0 Å². The second kappa shape index (κ2) is 5.88. The van der Waals surface area contributed by atoms with Crippen LogP contribution in [0.3, 0.4) is 0 Å². The summed E-state index contributed by atoms with van der Waals surface area (Å²) in [5.41, 5.74) is 11.1. The molecule has 0 saturated heterocycles. The summed E-state index contributed by atoms with van der Waals surface area (Å²) < 4.78 is 0. The van der Waals surface area contributed by atoms with E-state index in [1.807, 2.05) is 0 Å². The zero-order chi connectivity index (χ0) is 11.3. The first-order chi connectivity index (χ1) is 7.09. The van der Waals surface area contributed by atoms with Gasteiger partial charge >= 0.3 is 0 Å². The highest BCUT2D eigenvalue weighted by atomic mass is 32.1. The Morgan fingerprint density at radius 3 is 2.73 bits per heavy atom. The molecule has 0 radical (unpaired) electrons. The van der Waals surface area contributed by atoms with Gasteiger partial charge in [-0.15, -0.1) is 11.3 Å². The highest BCUT2D eigenvalue weighted by molar-refractivity contribution is 7.12. The highest BCUT2D eigenvalue weighted by Gasteiger charge is 2.07. The van der Waals surface area contributed by atoms with E-state index in [1.165, 1.54) is 9.75 Å². The maximum atomic E-state index is 10.5. The van der Waals surface area contributed by atoms with Crippen LogP contribution in [-0.4, -0.2) is 5.91 Å². The fourth-order valence-corrected chi connectivity index (χ4v) is 2.37. The summed E-state index contributed by atoms with van der Waals surface area (Å²) in [7, 11) is 0. The molecule has 4 N–H and O–H groups in total. The highest BCUT2D eigenvalue weighted by Crippen LogP contribution is 2.24. The van der Waals surface area contributed by atoms with Gasteiger partial charge in [0.1, 0.15) is 0 Å². The summed E-state index contributed by atoms with van der Waals surface area (Å²) in [5, 5.41) is 0. The van der Waals surface area contributed by atoms with E-state index < -0.39 is 0 Å². The van der Waals surface area contributed by atoms with Crippen molar-refractivity contribution < 1.29 is 4.79 Å². The maximum Gasteiger partial charge on any atom is 0.217 e. The molecule has 3 nitrogen and oxygen atoms in total. The van der Waals surface area contributed by atoms with E-state index in [0.717, 1.165) is 19.3 Å². The van der Waals surface area contributed by atoms with E-state index >= 15 is 0 Å². The van der Waals surface area contributed by atoms with Gasteiger partial charge in [-0.25, -0.2) is 0 Å². The number of rotatable bonds is 6. The van der Waals surface area contributed by atoms with E-state index in [-0.39, 0.29) is 11.9 Å². The van der Waals surface area contributed by atoms with E-state index in [0.29, 0.717) is 6.42 Å². The first-order valence-corrected chi connectivity index (χ1v) is 6.01. The van der Waals surface area contributed by atoms with Gasteiger partial charge in [0, 0.05) is 22.2 Å². The standard InChI is InChI=1S/C11H18N2OS/c1-8-6-7-10(15-8)9(12)4-2-3-5-11(13)14/h6-7,9H,2-5,12H2,1H3,(H2,13,14). The summed E-state index contributed by atoms with van der Waals surface area (Å²) in [6.07, 6.45) is 3.19. The molecule has 0 bridgehead atoms. The molecule has 1 unspecified atom stereocenters. The molecule has 1 aromatic heterocycles. The van der Waals surface area contributed by atoms with Crippen LogP contribution in [-0.2, 0) is 4.79 Å². The molecular weight excluding hydrogens is 208 g/mol. The van der Waals surface area contributed by atoms with Gasteiger partial charge in [0.15, 0.2) is 0 Å². The smallest absolute Gasteiger partial charge is 0.217 e. The number of unbranched alkanes of at least 4 members (excludes halogenated alkanes) is 1. The van der Waals surface area contributed by atoms with Gasteiger partial charge < -0.3 is 11.5 Å². The van der Waals surface area contributed by atoms with Crippen molar-refractivity contribution in [3.8, 4) is 0 Å². The number of carbonyl (C=O) groups excluding carboxylic acids is 1. The van der Waals surface area contributed by atoms with Crippen LogP contribution in [0.15, 0.2) is 12.1 Å². The molecular formula is C11H18N2OS. The lowest BCUT2D eigenvalue weighted by atomic mass is 10.1. The Hall–Kier alpha value is -0.870. The van der Waals surface area contributed by atoms with Crippen LogP contribution in [0.4, 0.5) is 0 Å². The Kier molecular flexibility index (Phi) is 4.78. The van der Waals surface area contributed by atoms with Crippen molar-refractivity contribution >= 4 is 17.2 Å². The van der Waals surface area contributed by atoms with Crippen LogP contribution < -0.4 is 11.5 Å². The van der Waals surface area contributed by atoms with Crippen LogP contribution in [0.1, 0.15) is 41.5 Å². The molecule has 0 saturated carbocycles. The van der Waals surface area contributed by atoms with Gasteiger partial charge in [-0.3, -0.25) is 4.79 Å². The lowest BCUT2D eigenvalue weighted by molar-refractivity contribution is -0.118. The Bertz CT molecular complexity index is 322. The summed E-state index contributed by atoms with van der Waals surface area (Å²) in [6.45, 7) is 2.08. The molecule has 1 atom stereocenters. The molecule has 1 heterocycles. The van der Waals surface area contributed by atoms with Crippen LogP contribution in [0.2, 0.25) is 0 Å². The minimum atomic E-state index is -0.226. The molecule has 0 aliphatic rings. The molecule has 1 amide bonds. The summed E-state index contributed by atoms with van der Waals surface area (Å²) in [6, 6.07) is 4.28. The van der Waals surface area contributed by atoms with Gasteiger partial charge in [0.2, 0.25) is 5.91 Å². The topological polar surface area (TPSA) is 69.1 Å². The molecule has 4 heteroatoms. The molecule has 15 heavy (non-hydrogen) atoms. The third-order valence-corrected chi connectivity index (χ3v) is 3.45. The molecule has 0 aliphatic heterocycles. The van der Waals surface area contributed by atoms with Gasteiger partial charge in [-0.1, -0.05) is 6.42 Å². The summed E-state index contributed by atoms with van der Waals surface area (Å²) >= 11 is 1.74. The van der Waals surface area contributed by atoms with E-state index in [1.54, 1.807) is 11.3 Å². The summed E-state index contributed by atoms with van der Waals surface area (Å²) in [5.74, 6) is -0.226. The number of primary amides is 1. The lowest BCUT2D eigenvalue weighted by Gasteiger charge is -2.08. The molecule has 0 aliphatic carbocycles. The molecule has 0 fully saturated rings. The number of hydrogen-bond acceptors (Lipinski definition) is 3. The molecule has 84 valence electrons. The van der Waals surface area contributed by atoms with Crippen molar-refractivity contribution in [1.29, 1.82) is 0 Å². The van der Waals surface area contributed by atoms with Gasteiger partial charge in [-0.2, -0.15) is 0 Å². The van der Waals surface area contributed by atoms with E-state index in [9.17, 15) is 4.79 Å². The number of nitrogens with two attached hydrogens (primary N) is 2. The van der Waals surface area contributed by atoms with Crippen LogP contribution in [0, 0.1) is 6.92 Å². The number of thiophene rings is 1. The van der Waals surface area contributed by atoms with Crippen molar-refractivity contribution in [1.82, 2.24) is 0 Å². The van der Waals surface area contributed by atoms with E-state index in [4.69, 9.17) is 11.5 Å². The fraction of sp³-hybridized carbons (Fsp3) is 0.545. The quantitative estimate of drug-likeness (QED) is 0.729. The maximum absolute atomic E-state index is 10.5. The molecule has 1 aromatic rings. The van der Waals surface area contributed by atoms with E-state index in [2.05, 4.69) is 19.1 Å². The predicted octanol–water partition coefficient (Wildman–Crippen LogP) is 2.10. The molecule has 0 spiro atoms. The molecule has 1 rings (SSSR count). The van der Waals surface area contributed by atoms with Crippen molar-refractivity contribution in [2.24, 2.45) is 11.5 Å². The number of amides is 1. The zero-order valence-electron chi connectivity index (χ0n) is 9.03. The third kappa shape index (κ3) is 4.44. The normalized spacial score (nSPS) is 12.7. The monoisotopic (exact) mass is 226 g/mol. The lowest BCUT2D eigenvalue weighted by Crippen LogP contribution is -2.11. The predicted molar refractivity (Wildman–Crippen MR) is 63.6 cm³/mol. The number of hydrogen-bond donors (Lipinski definition) is 2. The minimum Gasteiger partial charge on any atom is -0.370 e. The minimum absolute atomic E-state index is 0.108. The zero-order valence-corrected chi connectivity index (χ0v) is 9.85. The third-order valence-electron chi connectivity index (χ3n) is 2.31. The molecule has 0 aromatic carbocycles. The first-order valence-electron chi connectivity index (χ1n) is 5.20. The Labute approximate surface area is 94.5 Å². The van der Waals surface area contributed by atoms with Gasteiger partial charge in [0.25, 0.3) is 0 Å². The van der Waals surface area contributed by atoms with Crippen molar-refractivity contribution in [3.63, 3.8) is 0 Å². The Morgan fingerprint density at radius 1 is 1.47 bits per heavy atom. The second-order valence-electron chi connectivity index (χ2n) is 3.77. The number of carbonyl (C=O) groups is 1. The second-order valence-corrected chi connectivity index (χ2v) is 5.09.